The number of benzene rings is 2. The number of fused-ring (bicyclic) bond motifs is 1. The SMILES string of the molecule is NC(=O)c1ccccc1NC(=O)COc1cccc2c1CCCC2. The van der Waals surface area contributed by atoms with Crippen LogP contribution in [0.5, 0.6) is 5.75 Å². The number of ether oxygens (including phenoxy) is 1. The maximum Gasteiger partial charge on any atom is 0.262 e. The van der Waals surface area contributed by atoms with Crippen molar-refractivity contribution in [3.63, 3.8) is 0 Å². The zero-order valence-electron chi connectivity index (χ0n) is 13.4. The summed E-state index contributed by atoms with van der Waals surface area (Å²) in [5, 5.41) is 2.68. The lowest BCUT2D eigenvalue weighted by molar-refractivity contribution is -0.118. The lowest BCUT2D eigenvalue weighted by Crippen LogP contribution is -2.23. The number of carbonyl (C=O) groups is 2. The quantitative estimate of drug-likeness (QED) is 0.887. The Bertz CT molecular complexity index is 771. The topological polar surface area (TPSA) is 81.4 Å². The van der Waals surface area contributed by atoms with Gasteiger partial charge in [0.05, 0.1) is 11.3 Å². The molecule has 3 N–H and O–H groups in total. The average Bonchev–Trinajstić information content (AvgIpc) is 2.60. The Hall–Kier alpha value is -2.82. The molecule has 2 aromatic rings. The first-order valence-corrected chi connectivity index (χ1v) is 8.07. The van der Waals surface area contributed by atoms with Crippen LogP contribution in [0, 0.1) is 0 Å². The number of primary amides is 1. The fourth-order valence-corrected chi connectivity index (χ4v) is 3.02. The summed E-state index contributed by atoms with van der Waals surface area (Å²) >= 11 is 0. The Morgan fingerprint density at radius 1 is 1.04 bits per heavy atom. The summed E-state index contributed by atoms with van der Waals surface area (Å²) in [6.07, 6.45) is 4.38. The van der Waals surface area contributed by atoms with Gasteiger partial charge in [0.1, 0.15) is 5.75 Å². The molecule has 0 saturated carbocycles. The van der Waals surface area contributed by atoms with Gasteiger partial charge in [0.2, 0.25) is 0 Å². The number of nitrogens with two attached hydrogens (primary N) is 1. The van der Waals surface area contributed by atoms with Crippen molar-refractivity contribution in [1.82, 2.24) is 0 Å². The van der Waals surface area contributed by atoms with Crippen molar-refractivity contribution in [3.8, 4) is 5.75 Å². The molecule has 24 heavy (non-hydrogen) atoms. The van der Waals surface area contributed by atoms with E-state index in [1.165, 1.54) is 17.5 Å². The molecule has 1 aliphatic rings. The number of aryl methyl sites for hydroxylation is 1. The van der Waals surface area contributed by atoms with Gasteiger partial charge >= 0.3 is 0 Å². The third kappa shape index (κ3) is 3.56. The van der Waals surface area contributed by atoms with Crippen LogP contribution in [0.3, 0.4) is 0 Å². The minimum Gasteiger partial charge on any atom is -0.483 e. The van der Waals surface area contributed by atoms with Gasteiger partial charge in [-0.3, -0.25) is 9.59 Å². The van der Waals surface area contributed by atoms with Crippen LogP contribution >= 0.6 is 0 Å². The maximum atomic E-state index is 12.1. The smallest absolute Gasteiger partial charge is 0.262 e. The van der Waals surface area contributed by atoms with E-state index in [1.807, 2.05) is 12.1 Å². The first kappa shape index (κ1) is 16.1. The predicted octanol–water partition coefficient (Wildman–Crippen LogP) is 2.68. The second-order valence-electron chi connectivity index (χ2n) is 5.85. The van der Waals surface area contributed by atoms with Crippen LogP contribution in [-0.2, 0) is 17.6 Å². The van der Waals surface area contributed by atoms with E-state index in [-0.39, 0.29) is 18.1 Å². The third-order valence-corrected chi connectivity index (χ3v) is 4.18. The van der Waals surface area contributed by atoms with Gasteiger partial charge in [-0.15, -0.1) is 0 Å². The number of para-hydroxylation sites is 1. The first-order chi connectivity index (χ1) is 11.6. The van der Waals surface area contributed by atoms with E-state index in [0.717, 1.165) is 25.0 Å². The second-order valence-corrected chi connectivity index (χ2v) is 5.85. The van der Waals surface area contributed by atoms with Crippen LogP contribution in [0.1, 0.15) is 34.3 Å². The Kier molecular flexibility index (Phi) is 4.79. The fourth-order valence-electron chi connectivity index (χ4n) is 3.02. The average molecular weight is 324 g/mol. The molecule has 0 aliphatic heterocycles. The number of hydrogen-bond acceptors (Lipinski definition) is 3. The normalized spacial score (nSPS) is 13.0. The van der Waals surface area contributed by atoms with Gasteiger partial charge in [-0.1, -0.05) is 24.3 Å². The lowest BCUT2D eigenvalue weighted by Gasteiger charge is -2.19. The summed E-state index contributed by atoms with van der Waals surface area (Å²) < 4.78 is 5.71. The Labute approximate surface area is 140 Å². The molecule has 1 aliphatic carbocycles. The molecule has 0 saturated heterocycles. The highest BCUT2D eigenvalue weighted by atomic mass is 16.5. The molecular weight excluding hydrogens is 304 g/mol. The van der Waals surface area contributed by atoms with Gasteiger partial charge in [-0.25, -0.2) is 0 Å². The lowest BCUT2D eigenvalue weighted by atomic mass is 9.91. The molecule has 124 valence electrons. The van der Waals surface area contributed by atoms with Crippen LogP contribution in [0.25, 0.3) is 0 Å². The van der Waals surface area contributed by atoms with Crippen molar-refractivity contribution in [1.29, 1.82) is 0 Å². The fraction of sp³-hybridized carbons (Fsp3) is 0.263. The summed E-state index contributed by atoms with van der Waals surface area (Å²) in [6.45, 7) is -0.108. The summed E-state index contributed by atoms with van der Waals surface area (Å²) in [4.78, 5) is 23.5. The highest BCUT2D eigenvalue weighted by Crippen LogP contribution is 2.29. The molecule has 3 rings (SSSR count). The van der Waals surface area contributed by atoms with Gasteiger partial charge < -0.3 is 15.8 Å². The molecule has 0 spiro atoms. The molecule has 0 heterocycles. The van der Waals surface area contributed by atoms with Crippen LogP contribution < -0.4 is 15.8 Å². The van der Waals surface area contributed by atoms with Gasteiger partial charge in [0.15, 0.2) is 6.61 Å². The zero-order valence-corrected chi connectivity index (χ0v) is 13.4. The number of nitrogens with one attached hydrogen (secondary N) is 1. The van der Waals surface area contributed by atoms with Gasteiger partial charge in [-0.05, 0) is 55.0 Å². The summed E-state index contributed by atoms with van der Waals surface area (Å²) in [5.74, 6) is -0.133. The molecule has 0 atom stereocenters. The monoisotopic (exact) mass is 324 g/mol. The summed E-state index contributed by atoms with van der Waals surface area (Å²) in [5.41, 5.74) is 8.49. The molecule has 5 heteroatoms. The molecule has 0 aromatic heterocycles. The first-order valence-electron chi connectivity index (χ1n) is 8.07. The van der Waals surface area contributed by atoms with Crippen LogP contribution in [0.15, 0.2) is 42.5 Å². The Morgan fingerprint density at radius 3 is 2.67 bits per heavy atom. The molecule has 5 nitrogen and oxygen atoms in total. The molecular formula is C19H20N2O3. The van der Waals surface area contributed by atoms with Crippen molar-refractivity contribution >= 4 is 17.5 Å². The molecule has 0 unspecified atom stereocenters. The standard InChI is InChI=1S/C19H20N2O3/c20-19(23)15-9-3-4-10-16(15)21-18(22)12-24-17-11-5-7-13-6-1-2-8-14(13)17/h3-5,7,9-11H,1-2,6,8,12H2,(H2,20,23)(H,21,22). The molecule has 2 aromatic carbocycles. The van der Waals surface area contributed by atoms with E-state index in [0.29, 0.717) is 5.69 Å². The number of carbonyl (C=O) groups excluding carboxylic acids is 2. The van der Waals surface area contributed by atoms with Crippen molar-refractivity contribution in [2.75, 3.05) is 11.9 Å². The van der Waals surface area contributed by atoms with Gasteiger partial charge in [0, 0.05) is 0 Å². The van der Waals surface area contributed by atoms with E-state index in [2.05, 4.69) is 11.4 Å². The highest BCUT2D eigenvalue weighted by Gasteiger charge is 2.15. The number of hydrogen-bond donors (Lipinski definition) is 2. The van der Waals surface area contributed by atoms with E-state index in [4.69, 9.17) is 10.5 Å². The van der Waals surface area contributed by atoms with Crippen LogP contribution in [0.2, 0.25) is 0 Å². The van der Waals surface area contributed by atoms with Crippen molar-refractivity contribution < 1.29 is 14.3 Å². The van der Waals surface area contributed by atoms with Gasteiger partial charge in [-0.2, -0.15) is 0 Å². The van der Waals surface area contributed by atoms with E-state index in [1.54, 1.807) is 24.3 Å². The minimum absolute atomic E-state index is 0.108. The van der Waals surface area contributed by atoms with E-state index < -0.39 is 5.91 Å². The molecule has 2 amide bonds. The van der Waals surface area contributed by atoms with Crippen LogP contribution in [0.4, 0.5) is 5.69 Å². The second kappa shape index (κ2) is 7.17. The van der Waals surface area contributed by atoms with Crippen molar-refractivity contribution in [2.24, 2.45) is 5.73 Å². The minimum atomic E-state index is -0.580. The Balaban J connectivity index is 1.66. The predicted molar refractivity (Wildman–Crippen MR) is 92.2 cm³/mol. The van der Waals surface area contributed by atoms with Crippen molar-refractivity contribution in [2.45, 2.75) is 25.7 Å². The maximum absolute atomic E-state index is 12.1. The van der Waals surface area contributed by atoms with Crippen molar-refractivity contribution in [3.05, 3.63) is 59.2 Å². The molecule has 0 radical (unpaired) electrons. The van der Waals surface area contributed by atoms with E-state index >= 15 is 0 Å². The Morgan fingerprint density at radius 2 is 1.83 bits per heavy atom. The largest absolute Gasteiger partial charge is 0.483 e. The summed E-state index contributed by atoms with van der Waals surface area (Å²) in [6, 6.07) is 12.6. The molecule has 0 bridgehead atoms. The highest BCUT2D eigenvalue weighted by molar-refractivity contribution is 6.03. The molecule has 0 fully saturated rings. The van der Waals surface area contributed by atoms with Gasteiger partial charge in [0.25, 0.3) is 11.8 Å². The van der Waals surface area contributed by atoms with E-state index in [9.17, 15) is 9.59 Å². The third-order valence-electron chi connectivity index (χ3n) is 4.18. The number of anilines is 1. The zero-order chi connectivity index (χ0) is 16.9. The summed E-state index contributed by atoms with van der Waals surface area (Å²) in [7, 11) is 0. The number of amides is 2. The van der Waals surface area contributed by atoms with Crippen LogP contribution in [-0.4, -0.2) is 18.4 Å². The number of rotatable bonds is 5.